The molecule has 1 aliphatic carbocycles. The number of hydrogen-bond acceptors (Lipinski definition) is 3. The largest absolute Gasteiger partial charge is 0.495 e. The van der Waals surface area contributed by atoms with Gasteiger partial charge in [-0.3, -0.25) is 0 Å². The van der Waals surface area contributed by atoms with Crippen LogP contribution in [0.5, 0.6) is 5.75 Å². The standard InChI is InChI=1S/C13H18BrNO3S/c1-9(10-4-5-10)15(2)19(16,17)13-8-11(14)6-7-12(13)18-3/h6-10H,4-5H2,1-3H3. The summed E-state index contributed by atoms with van der Waals surface area (Å²) in [5.41, 5.74) is 0. The molecule has 0 heterocycles. The van der Waals surface area contributed by atoms with Crippen LogP contribution in [0.1, 0.15) is 19.8 Å². The van der Waals surface area contributed by atoms with Gasteiger partial charge in [-0.1, -0.05) is 15.9 Å². The van der Waals surface area contributed by atoms with Crippen LogP contribution in [0.15, 0.2) is 27.6 Å². The molecule has 1 fully saturated rings. The Hall–Kier alpha value is -0.590. The molecule has 106 valence electrons. The van der Waals surface area contributed by atoms with Gasteiger partial charge in [0.2, 0.25) is 10.0 Å². The molecule has 19 heavy (non-hydrogen) atoms. The average Bonchev–Trinajstić information content (AvgIpc) is 3.21. The molecule has 2 rings (SSSR count). The lowest BCUT2D eigenvalue weighted by molar-refractivity contribution is 0.352. The van der Waals surface area contributed by atoms with E-state index >= 15 is 0 Å². The molecule has 0 radical (unpaired) electrons. The van der Waals surface area contributed by atoms with Crippen molar-refractivity contribution in [3.63, 3.8) is 0 Å². The number of hydrogen-bond donors (Lipinski definition) is 0. The molecule has 1 unspecified atom stereocenters. The zero-order chi connectivity index (χ0) is 14.2. The Kier molecular flexibility index (Phi) is 4.23. The number of halogens is 1. The quantitative estimate of drug-likeness (QED) is 0.822. The highest BCUT2D eigenvalue weighted by atomic mass is 79.9. The average molecular weight is 348 g/mol. The predicted octanol–water partition coefficient (Wildman–Crippen LogP) is 2.88. The summed E-state index contributed by atoms with van der Waals surface area (Å²) in [5, 5.41) is 0. The monoisotopic (exact) mass is 347 g/mol. The van der Waals surface area contributed by atoms with Gasteiger partial charge in [0, 0.05) is 17.6 Å². The third-order valence-corrected chi connectivity index (χ3v) is 6.12. The lowest BCUT2D eigenvalue weighted by Crippen LogP contribution is -2.36. The van der Waals surface area contributed by atoms with Crippen LogP contribution in [0.3, 0.4) is 0 Å². The van der Waals surface area contributed by atoms with E-state index in [4.69, 9.17) is 4.74 Å². The smallest absolute Gasteiger partial charge is 0.246 e. The van der Waals surface area contributed by atoms with Crippen molar-refractivity contribution in [3.8, 4) is 5.75 Å². The van der Waals surface area contributed by atoms with Crippen LogP contribution in [0.2, 0.25) is 0 Å². The fraction of sp³-hybridized carbons (Fsp3) is 0.538. The molecule has 0 N–H and O–H groups in total. The second-order valence-electron chi connectivity index (χ2n) is 4.89. The summed E-state index contributed by atoms with van der Waals surface area (Å²) in [6, 6.07) is 5.03. The molecule has 0 aromatic heterocycles. The molecule has 6 heteroatoms. The first-order valence-corrected chi connectivity index (χ1v) is 8.43. The summed E-state index contributed by atoms with van der Waals surface area (Å²) in [7, 11) is -0.414. The second kappa shape index (κ2) is 5.42. The van der Waals surface area contributed by atoms with Crippen molar-refractivity contribution in [2.75, 3.05) is 14.2 Å². The summed E-state index contributed by atoms with van der Waals surface area (Å²) < 4.78 is 32.7. The maximum absolute atomic E-state index is 12.7. The maximum Gasteiger partial charge on any atom is 0.246 e. The van der Waals surface area contributed by atoms with Gasteiger partial charge in [-0.05, 0) is 43.9 Å². The summed E-state index contributed by atoms with van der Waals surface area (Å²) in [6.45, 7) is 1.96. The van der Waals surface area contributed by atoms with Crippen LogP contribution in [0, 0.1) is 5.92 Å². The van der Waals surface area contributed by atoms with Crippen LogP contribution in [-0.4, -0.2) is 32.9 Å². The molecule has 0 spiro atoms. The van der Waals surface area contributed by atoms with E-state index in [0.29, 0.717) is 11.7 Å². The topological polar surface area (TPSA) is 46.6 Å². The summed E-state index contributed by atoms with van der Waals surface area (Å²) in [6.07, 6.45) is 2.22. The minimum absolute atomic E-state index is 0.0219. The van der Waals surface area contributed by atoms with E-state index in [1.165, 1.54) is 11.4 Å². The predicted molar refractivity (Wildman–Crippen MR) is 77.8 cm³/mol. The summed E-state index contributed by atoms with van der Waals surface area (Å²) in [4.78, 5) is 0.208. The van der Waals surface area contributed by atoms with Gasteiger partial charge in [0.05, 0.1) is 7.11 Å². The Balaban J connectivity index is 2.40. The number of ether oxygens (including phenoxy) is 1. The van der Waals surface area contributed by atoms with E-state index in [9.17, 15) is 8.42 Å². The highest BCUT2D eigenvalue weighted by Crippen LogP contribution is 2.38. The van der Waals surface area contributed by atoms with E-state index in [2.05, 4.69) is 15.9 Å². The minimum Gasteiger partial charge on any atom is -0.495 e. The van der Waals surface area contributed by atoms with Crippen molar-refractivity contribution < 1.29 is 13.2 Å². The molecule has 4 nitrogen and oxygen atoms in total. The van der Waals surface area contributed by atoms with E-state index in [-0.39, 0.29) is 10.9 Å². The Bertz CT molecular complexity index is 569. The van der Waals surface area contributed by atoms with Gasteiger partial charge in [0.25, 0.3) is 0 Å². The second-order valence-corrected chi connectivity index (χ2v) is 7.78. The van der Waals surface area contributed by atoms with Gasteiger partial charge >= 0.3 is 0 Å². The van der Waals surface area contributed by atoms with Gasteiger partial charge < -0.3 is 4.74 Å². The lowest BCUT2D eigenvalue weighted by atomic mass is 10.2. The van der Waals surface area contributed by atoms with Crippen molar-refractivity contribution in [2.24, 2.45) is 5.92 Å². The van der Waals surface area contributed by atoms with Crippen molar-refractivity contribution in [1.82, 2.24) is 4.31 Å². The highest BCUT2D eigenvalue weighted by Gasteiger charge is 2.37. The van der Waals surface area contributed by atoms with Gasteiger partial charge in [-0.2, -0.15) is 4.31 Å². The molecule has 1 saturated carbocycles. The fourth-order valence-corrected chi connectivity index (χ4v) is 4.22. The van der Waals surface area contributed by atoms with Crippen LogP contribution < -0.4 is 4.74 Å². The van der Waals surface area contributed by atoms with Crippen LogP contribution in [0.4, 0.5) is 0 Å². The van der Waals surface area contributed by atoms with Crippen molar-refractivity contribution in [1.29, 1.82) is 0 Å². The molecule has 1 aromatic rings. The van der Waals surface area contributed by atoms with Gasteiger partial charge in [-0.25, -0.2) is 8.42 Å². The zero-order valence-corrected chi connectivity index (χ0v) is 13.7. The van der Waals surface area contributed by atoms with Gasteiger partial charge in [-0.15, -0.1) is 0 Å². The molecule has 0 aliphatic heterocycles. The first-order valence-electron chi connectivity index (χ1n) is 6.19. The Labute approximate surface area is 122 Å². The van der Waals surface area contributed by atoms with Crippen LogP contribution in [0.25, 0.3) is 0 Å². The molecular weight excluding hydrogens is 330 g/mol. The third-order valence-electron chi connectivity index (χ3n) is 3.66. The van der Waals surface area contributed by atoms with E-state index in [1.54, 1.807) is 25.2 Å². The third kappa shape index (κ3) is 2.95. The Morgan fingerprint density at radius 1 is 1.42 bits per heavy atom. The molecule has 1 aromatic carbocycles. The van der Waals surface area contributed by atoms with Crippen LogP contribution in [-0.2, 0) is 10.0 Å². The molecular formula is C13H18BrNO3S. The Morgan fingerprint density at radius 2 is 2.05 bits per heavy atom. The summed E-state index contributed by atoms with van der Waals surface area (Å²) >= 11 is 3.31. The molecule has 0 amide bonds. The van der Waals surface area contributed by atoms with E-state index in [1.807, 2.05) is 6.92 Å². The molecule has 1 aliphatic rings. The maximum atomic E-state index is 12.7. The lowest BCUT2D eigenvalue weighted by Gasteiger charge is -2.25. The fourth-order valence-electron chi connectivity index (χ4n) is 2.10. The van der Waals surface area contributed by atoms with Gasteiger partial charge in [0.1, 0.15) is 10.6 Å². The van der Waals surface area contributed by atoms with Crippen molar-refractivity contribution >= 4 is 26.0 Å². The SMILES string of the molecule is COc1ccc(Br)cc1S(=O)(=O)N(C)C(C)C1CC1. The summed E-state index contributed by atoms with van der Waals surface area (Å²) in [5.74, 6) is 0.857. The first-order chi connectivity index (χ1) is 8.87. The highest BCUT2D eigenvalue weighted by molar-refractivity contribution is 9.10. The number of nitrogens with zero attached hydrogens (tertiary/aromatic N) is 1. The van der Waals surface area contributed by atoms with E-state index in [0.717, 1.165) is 17.3 Å². The van der Waals surface area contributed by atoms with Crippen molar-refractivity contribution in [2.45, 2.75) is 30.7 Å². The Morgan fingerprint density at radius 3 is 2.58 bits per heavy atom. The number of sulfonamides is 1. The zero-order valence-electron chi connectivity index (χ0n) is 11.3. The number of rotatable bonds is 5. The number of methoxy groups -OCH3 is 1. The number of benzene rings is 1. The van der Waals surface area contributed by atoms with Gasteiger partial charge in [0.15, 0.2) is 0 Å². The molecule has 1 atom stereocenters. The normalized spacial score (nSPS) is 17.5. The van der Waals surface area contributed by atoms with Crippen LogP contribution >= 0.6 is 15.9 Å². The molecule has 0 saturated heterocycles. The molecule has 0 bridgehead atoms. The minimum atomic E-state index is -3.53. The first kappa shape index (κ1) is 14.8. The van der Waals surface area contributed by atoms with E-state index < -0.39 is 10.0 Å². The van der Waals surface area contributed by atoms with Crippen molar-refractivity contribution in [3.05, 3.63) is 22.7 Å².